The number of carbonyl (C=O) groups is 1. The van der Waals surface area contributed by atoms with Crippen LogP contribution >= 0.6 is 0 Å². The minimum Gasteiger partial charge on any atom is -0.383 e. The van der Waals surface area contributed by atoms with Crippen molar-refractivity contribution in [1.82, 2.24) is 15.5 Å². The van der Waals surface area contributed by atoms with E-state index >= 15 is 0 Å². The lowest BCUT2D eigenvalue weighted by atomic mass is 10.1. The molecule has 20 heavy (non-hydrogen) atoms. The Hall–Kier alpha value is -1.43. The fourth-order valence-electron chi connectivity index (χ4n) is 2.31. The van der Waals surface area contributed by atoms with Gasteiger partial charge in [-0.25, -0.2) is 0 Å². The zero-order valence-corrected chi connectivity index (χ0v) is 12.0. The molecule has 5 nitrogen and oxygen atoms in total. The van der Waals surface area contributed by atoms with Gasteiger partial charge in [0.05, 0.1) is 6.61 Å². The second-order valence-electron chi connectivity index (χ2n) is 4.98. The zero-order valence-electron chi connectivity index (χ0n) is 12.0. The van der Waals surface area contributed by atoms with Crippen LogP contribution in [0.25, 0.3) is 0 Å². The van der Waals surface area contributed by atoms with E-state index in [4.69, 9.17) is 4.74 Å². The van der Waals surface area contributed by atoms with E-state index in [2.05, 4.69) is 21.6 Å². The normalized spacial score (nSPS) is 16.1. The molecular formula is C15H23N3O2. The maximum Gasteiger partial charge on any atom is 0.251 e. The minimum atomic E-state index is -0.0378. The third kappa shape index (κ3) is 4.59. The van der Waals surface area contributed by atoms with Gasteiger partial charge in [-0.3, -0.25) is 9.69 Å². The molecule has 1 amide bonds. The molecule has 0 unspecified atom stereocenters. The summed E-state index contributed by atoms with van der Waals surface area (Å²) in [6, 6.07) is 7.85. The van der Waals surface area contributed by atoms with Crippen LogP contribution in [0.1, 0.15) is 15.9 Å². The highest BCUT2D eigenvalue weighted by atomic mass is 16.5. The van der Waals surface area contributed by atoms with E-state index in [0.29, 0.717) is 18.7 Å². The average molecular weight is 277 g/mol. The molecule has 5 heteroatoms. The summed E-state index contributed by atoms with van der Waals surface area (Å²) in [5.74, 6) is -0.0378. The number of nitrogens with one attached hydrogen (secondary N) is 2. The van der Waals surface area contributed by atoms with Crippen LogP contribution in [0, 0.1) is 0 Å². The Morgan fingerprint density at radius 2 is 2.20 bits per heavy atom. The lowest BCUT2D eigenvalue weighted by Gasteiger charge is -2.27. The van der Waals surface area contributed by atoms with Crippen LogP contribution in [0.3, 0.4) is 0 Å². The van der Waals surface area contributed by atoms with Crippen molar-refractivity contribution in [1.29, 1.82) is 0 Å². The summed E-state index contributed by atoms with van der Waals surface area (Å²) < 4.78 is 4.93. The third-order valence-electron chi connectivity index (χ3n) is 3.40. The van der Waals surface area contributed by atoms with Gasteiger partial charge in [0.1, 0.15) is 0 Å². The van der Waals surface area contributed by atoms with Crippen molar-refractivity contribution in [3.8, 4) is 0 Å². The molecule has 1 fully saturated rings. The maximum absolute atomic E-state index is 12.0. The minimum absolute atomic E-state index is 0.0378. The summed E-state index contributed by atoms with van der Waals surface area (Å²) in [4.78, 5) is 14.4. The SMILES string of the molecule is COCCNC(=O)c1cccc(CN2CCNCC2)c1. The van der Waals surface area contributed by atoms with E-state index in [0.717, 1.165) is 32.7 Å². The van der Waals surface area contributed by atoms with Crippen molar-refractivity contribution < 1.29 is 9.53 Å². The van der Waals surface area contributed by atoms with Gasteiger partial charge in [-0.2, -0.15) is 0 Å². The smallest absolute Gasteiger partial charge is 0.251 e. The topological polar surface area (TPSA) is 53.6 Å². The molecule has 0 bridgehead atoms. The van der Waals surface area contributed by atoms with E-state index in [1.165, 1.54) is 5.56 Å². The van der Waals surface area contributed by atoms with Gasteiger partial charge in [0.15, 0.2) is 0 Å². The predicted octanol–water partition coefficient (Wildman–Crippen LogP) is 0.468. The molecule has 0 saturated carbocycles. The zero-order chi connectivity index (χ0) is 14.2. The molecule has 2 N–H and O–H groups in total. The van der Waals surface area contributed by atoms with Gasteiger partial charge < -0.3 is 15.4 Å². The first-order valence-electron chi connectivity index (χ1n) is 7.09. The van der Waals surface area contributed by atoms with Crippen LogP contribution in [-0.4, -0.2) is 57.2 Å². The highest BCUT2D eigenvalue weighted by molar-refractivity contribution is 5.94. The van der Waals surface area contributed by atoms with E-state index in [-0.39, 0.29) is 5.91 Å². The highest BCUT2D eigenvalue weighted by Gasteiger charge is 2.11. The summed E-state index contributed by atoms with van der Waals surface area (Å²) in [6.07, 6.45) is 0. The van der Waals surface area contributed by atoms with Gasteiger partial charge in [0, 0.05) is 51.9 Å². The Kier molecular flexibility index (Phi) is 5.98. The van der Waals surface area contributed by atoms with Crippen molar-refractivity contribution in [2.75, 3.05) is 46.4 Å². The van der Waals surface area contributed by atoms with Gasteiger partial charge in [0.25, 0.3) is 5.91 Å². The number of amides is 1. The number of carbonyl (C=O) groups excluding carboxylic acids is 1. The molecule has 0 aliphatic carbocycles. The fraction of sp³-hybridized carbons (Fsp3) is 0.533. The maximum atomic E-state index is 12.0. The molecule has 1 saturated heterocycles. The monoisotopic (exact) mass is 277 g/mol. The van der Waals surface area contributed by atoms with Crippen LogP contribution in [0.4, 0.5) is 0 Å². The number of nitrogens with zero attached hydrogens (tertiary/aromatic N) is 1. The Labute approximate surface area is 120 Å². The molecule has 0 atom stereocenters. The summed E-state index contributed by atoms with van der Waals surface area (Å²) >= 11 is 0. The van der Waals surface area contributed by atoms with Crippen LogP contribution < -0.4 is 10.6 Å². The van der Waals surface area contributed by atoms with E-state index in [9.17, 15) is 4.79 Å². The van der Waals surface area contributed by atoms with Crippen LogP contribution in [0.5, 0.6) is 0 Å². The Morgan fingerprint density at radius 3 is 2.95 bits per heavy atom. The summed E-state index contributed by atoms with van der Waals surface area (Å²) in [7, 11) is 1.63. The largest absolute Gasteiger partial charge is 0.383 e. The number of methoxy groups -OCH3 is 1. The van der Waals surface area contributed by atoms with Gasteiger partial charge in [-0.15, -0.1) is 0 Å². The molecule has 1 aromatic carbocycles. The molecule has 110 valence electrons. The number of benzene rings is 1. The molecule has 1 aromatic rings. The number of piperazine rings is 1. The van der Waals surface area contributed by atoms with Crippen molar-refractivity contribution in [3.05, 3.63) is 35.4 Å². The molecule has 0 aromatic heterocycles. The number of hydrogen-bond acceptors (Lipinski definition) is 4. The van der Waals surface area contributed by atoms with E-state index < -0.39 is 0 Å². The van der Waals surface area contributed by atoms with Gasteiger partial charge >= 0.3 is 0 Å². The first-order valence-corrected chi connectivity index (χ1v) is 7.09. The van der Waals surface area contributed by atoms with E-state index in [1.807, 2.05) is 18.2 Å². The third-order valence-corrected chi connectivity index (χ3v) is 3.40. The lowest BCUT2D eigenvalue weighted by molar-refractivity contribution is 0.0937. The van der Waals surface area contributed by atoms with Crippen LogP contribution in [-0.2, 0) is 11.3 Å². The lowest BCUT2D eigenvalue weighted by Crippen LogP contribution is -2.42. The summed E-state index contributed by atoms with van der Waals surface area (Å²) in [5, 5.41) is 6.18. The predicted molar refractivity (Wildman–Crippen MR) is 78.8 cm³/mol. The molecule has 1 aliphatic heterocycles. The van der Waals surface area contributed by atoms with Crippen molar-refractivity contribution in [3.63, 3.8) is 0 Å². The standard InChI is InChI=1S/C15H23N3O2/c1-20-10-7-17-15(19)14-4-2-3-13(11-14)12-18-8-5-16-6-9-18/h2-4,11,16H,5-10,12H2,1H3,(H,17,19). The Bertz CT molecular complexity index is 431. The fourth-order valence-corrected chi connectivity index (χ4v) is 2.31. The molecule has 1 heterocycles. The Morgan fingerprint density at radius 1 is 1.40 bits per heavy atom. The highest BCUT2D eigenvalue weighted by Crippen LogP contribution is 2.09. The average Bonchev–Trinajstić information content (AvgIpc) is 2.49. The summed E-state index contributed by atoms with van der Waals surface area (Å²) in [5.41, 5.74) is 1.90. The molecule has 0 radical (unpaired) electrons. The van der Waals surface area contributed by atoms with Gasteiger partial charge in [-0.05, 0) is 17.7 Å². The quantitative estimate of drug-likeness (QED) is 0.742. The molecule has 0 spiro atoms. The number of rotatable bonds is 6. The summed E-state index contributed by atoms with van der Waals surface area (Å²) in [6.45, 7) is 6.17. The number of hydrogen-bond donors (Lipinski definition) is 2. The van der Waals surface area contributed by atoms with Crippen molar-refractivity contribution in [2.24, 2.45) is 0 Å². The second-order valence-corrected chi connectivity index (χ2v) is 4.98. The molecule has 1 aliphatic rings. The van der Waals surface area contributed by atoms with Crippen LogP contribution in [0.2, 0.25) is 0 Å². The molecular weight excluding hydrogens is 254 g/mol. The van der Waals surface area contributed by atoms with Crippen molar-refractivity contribution >= 4 is 5.91 Å². The first-order chi connectivity index (χ1) is 9.79. The van der Waals surface area contributed by atoms with Gasteiger partial charge in [0.2, 0.25) is 0 Å². The first kappa shape index (κ1) is 15.0. The van der Waals surface area contributed by atoms with Crippen molar-refractivity contribution in [2.45, 2.75) is 6.54 Å². The van der Waals surface area contributed by atoms with E-state index in [1.54, 1.807) is 7.11 Å². The van der Waals surface area contributed by atoms with Crippen LogP contribution in [0.15, 0.2) is 24.3 Å². The van der Waals surface area contributed by atoms with Gasteiger partial charge in [-0.1, -0.05) is 12.1 Å². The second kappa shape index (κ2) is 7.99. The molecule has 2 rings (SSSR count). The number of ether oxygens (including phenoxy) is 1. The Balaban J connectivity index is 1.91.